The third-order valence-corrected chi connectivity index (χ3v) is 10.6. The number of benzene rings is 4. The molecule has 2 heteroatoms. The fourth-order valence-corrected chi connectivity index (χ4v) is 8.81. The van der Waals surface area contributed by atoms with Gasteiger partial charge in [-0.15, -0.1) is 0 Å². The number of fused-ring (bicyclic) bond motifs is 6. The predicted octanol–water partition coefficient (Wildman–Crippen LogP) is 10.7. The second-order valence-electron chi connectivity index (χ2n) is 15.3. The van der Waals surface area contributed by atoms with Gasteiger partial charge in [-0.3, -0.25) is 0 Å². The number of hydrogen-bond donors (Lipinski definition) is 0. The van der Waals surface area contributed by atoms with Crippen LogP contribution in [0.5, 0.6) is 0 Å². The van der Waals surface area contributed by atoms with Gasteiger partial charge in [0.1, 0.15) is 0 Å². The maximum Gasteiger partial charge on any atom is 0.243 e. The van der Waals surface area contributed by atoms with Gasteiger partial charge in [-0.1, -0.05) is 76.6 Å². The lowest BCUT2D eigenvalue weighted by atomic mass is 9.92. The molecule has 244 valence electrons. The molecule has 0 spiro atoms. The molecule has 1 aliphatic heterocycles. The highest BCUT2D eigenvalue weighted by Crippen LogP contribution is 2.40. The molecule has 6 aromatic rings. The Morgan fingerprint density at radius 1 is 0.604 bits per heavy atom. The van der Waals surface area contributed by atoms with Gasteiger partial charge in [-0.25, -0.2) is 0 Å². The summed E-state index contributed by atoms with van der Waals surface area (Å²) in [6.07, 6.45) is 3.17. The Morgan fingerprint density at radius 2 is 1.17 bits per heavy atom. The molecule has 0 aliphatic carbocycles. The van der Waals surface area contributed by atoms with E-state index in [0.717, 1.165) is 25.8 Å². The lowest BCUT2D eigenvalue weighted by molar-refractivity contribution is -0.754. The summed E-state index contributed by atoms with van der Waals surface area (Å²) in [6.45, 7) is 21.6. The minimum absolute atomic E-state index is 0.160. The summed E-state index contributed by atoms with van der Waals surface area (Å²) in [7, 11) is 0. The standard InChI is InChI=1S/C46H52N2/c1-10-36-32(8)23-30(6)25-39(36)42-19-17-37-34(21-28(2)3)13-11-15-41(37)47(42)27-45-46-33(9)24-31(7)26-40(46)44-20-18-38-35(22-29(4)5)14-12-16-43(38)48(44)45/h11-20,23-26,28-29,45H,10,21-22,27H2,1-9H3/q+2. The molecule has 3 heterocycles. The molecule has 48 heavy (non-hydrogen) atoms. The molecule has 1 atom stereocenters. The number of nitrogens with zero attached hydrogens (tertiary/aromatic N) is 2. The van der Waals surface area contributed by atoms with Crippen LogP contribution in [0.4, 0.5) is 0 Å². The van der Waals surface area contributed by atoms with Crippen molar-refractivity contribution >= 4 is 21.8 Å². The molecule has 0 saturated carbocycles. The maximum absolute atomic E-state index is 2.69. The van der Waals surface area contributed by atoms with Crippen molar-refractivity contribution in [1.29, 1.82) is 0 Å². The van der Waals surface area contributed by atoms with Crippen LogP contribution in [0.25, 0.3) is 44.3 Å². The minimum Gasteiger partial charge on any atom is -0.184 e. The Morgan fingerprint density at radius 3 is 1.79 bits per heavy atom. The van der Waals surface area contributed by atoms with Crippen LogP contribution in [0.15, 0.2) is 84.9 Å². The zero-order valence-corrected chi connectivity index (χ0v) is 30.5. The number of aromatic nitrogens is 2. The summed E-state index contributed by atoms with van der Waals surface area (Å²) in [6, 6.07) is 33.3. The Kier molecular flexibility index (Phi) is 8.48. The third-order valence-electron chi connectivity index (χ3n) is 10.6. The van der Waals surface area contributed by atoms with E-state index in [-0.39, 0.29) is 6.04 Å². The van der Waals surface area contributed by atoms with Gasteiger partial charge in [0.25, 0.3) is 0 Å². The Hall–Kier alpha value is -4.30. The number of aryl methyl sites for hydroxylation is 4. The summed E-state index contributed by atoms with van der Waals surface area (Å²) in [5, 5.41) is 2.76. The van der Waals surface area contributed by atoms with E-state index in [4.69, 9.17) is 0 Å². The van der Waals surface area contributed by atoms with Crippen LogP contribution < -0.4 is 9.13 Å². The van der Waals surface area contributed by atoms with Gasteiger partial charge in [0, 0.05) is 46.2 Å². The van der Waals surface area contributed by atoms with Crippen molar-refractivity contribution in [2.45, 2.75) is 94.2 Å². The summed E-state index contributed by atoms with van der Waals surface area (Å²) in [5.74, 6) is 1.20. The molecule has 1 unspecified atom stereocenters. The van der Waals surface area contributed by atoms with E-state index < -0.39 is 0 Å². The quantitative estimate of drug-likeness (QED) is 0.148. The summed E-state index contributed by atoms with van der Waals surface area (Å²) in [5.41, 5.74) is 19.3. The molecule has 0 fully saturated rings. The minimum atomic E-state index is 0.160. The van der Waals surface area contributed by atoms with Gasteiger partial charge < -0.3 is 0 Å². The topological polar surface area (TPSA) is 7.76 Å². The maximum atomic E-state index is 2.69. The van der Waals surface area contributed by atoms with Crippen molar-refractivity contribution in [3.63, 3.8) is 0 Å². The van der Waals surface area contributed by atoms with E-state index in [9.17, 15) is 0 Å². The van der Waals surface area contributed by atoms with Crippen LogP contribution in [0.1, 0.15) is 85.2 Å². The SMILES string of the molecule is CCc1c(C)cc(C)cc1-c1ccc2c(CC(C)C)cccc2[n+]1CC1c2c(C)cc(C)cc2-c2ccc3c(CC(C)C)cccc3[n+]21. The molecule has 0 saturated heterocycles. The molecule has 7 rings (SSSR count). The van der Waals surface area contributed by atoms with Gasteiger partial charge in [-0.05, 0) is 116 Å². The van der Waals surface area contributed by atoms with Crippen LogP contribution in [-0.4, -0.2) is 0 Å². The van der Waals surface area contributed by atoms with E-state index in [1.54, 1.807) is 0 Å². The monoisotopic (exact) mass is 632 g/mol. The fraction of sp³-hybridized carbons (Fsp3) is 0.348. The molecule has 0 amide bonds. The van der Waals surface area contributed by atoms with Crippen LogP contribution in [-0.2, 0) is 25.8 Å². The van der Waals surface area contributed by atoms with Crippen molar-refractivity contribution < 1.29 is 9.13 Å². The van der Waals surface area contributed by atoms with Crippen molar-refractivity contribution in [2.24, 2.45) is 11.8 Å². The smallest absolute Gasteiger partial charge is 0.184 e. The second-order valence-corrected chi connectivity index (χ2v) is 15.3. The van der Waals surface area contributed by atoms with Crippen LogP contribution in [0.3, 0.4) is 0 Å². The average molecular weight is 633 g/mol. The van der Waals surface area contributed by atoms with Crippen LogP contribution >= 0.6 is 0 Å². The Balaban J connectivity index is 1.54. The molecule has 0 N–H and O–H groups in total. The molecule has 2 aromatic heterocycles. The van der Waals surface area contributed by atoms with Crippen molar-refractivity contribution in [3.05, 3.63) is 129 Å². The van der Waals surface area contributed by atoms with E-state index >= 15 is 0 Å². The molecule has 1 aliphatic rings. The first kappa shape index (κ1) is 32.3. The second kappa shape index (κ2) is 12.6. The average Bonchev–Trinajstić information content (AvgIpc) is 3.34. The van der Waals surface area contributed by atoms with Crippen LogP contribution in [0, 0.1) is 39.5 Å². The fourth-order valence-electron chi connectivity index (χ4n) is 8.81. The molecule has 0 radical (unpaired) electrons. The van der Waals surface area contributed by atoms with E-state index in [1.807, 2.05) is 0 Å². The van der Waals surface area contributed by atoms with Crippen molar-refractivity contribution in [2.75, 3.05) is 0 Å². The zero-order chi connectivity index (χ0) is 33.9. The van der Waals surface area contributed by atoms with Crippen molar-refractivity contribution in [1.82, 2.24) is 0 Å². The van der Waals surface area contributed by atoms with Crippen LogP contribution in [0.2, 0.25) is 0 Å². The van der Waals surface area contributed by atoms with Gasteiger partial charge >= 0.3 is 0 Å². The third kappa shape index (κ3) is 5.54. The van der Waals surface area contributed by atoms with E-state index in [2.05, 4.69) is 156 Å². The lowest BCUT2D eigenvalue weighted by Crippen LogP contribution is -2.50. The van der Waals surface area contributed by atoms with Gasteiger partial charge in [0.2, 0.25) is 35.0 Å². The Labute approximate surface area is 288 Å². The summed E-state index contributed by atoms with van der Waals surface area (Å²) in [4.78, 5) is 0. The van der Waals surface area contributed by atoms with Crippen molar-refractivity contribution in [3.8, 4) is 22.5 Å². The summed E-state index contributed by atoms with van der Waals surface area (Å²) >= 11 is 0. The molecule has 0 bridgehead atoms. The number of rotatable bonds is 8. The lowest BCUT2D eigenvalue weighted by Gasteiger charge is -2.17. The number of hydrogen-bond acceptors (Lipinski definition) is 0. The Bertz CT molecular complexity index is 2200. The molecular weight excluding hydrogens is 581 g/mol. The highest BCUT2D eigenvalue weighted by atomic mass is 15.1. The molecule has 2 nitrogen and oxygen atoms in total. The number of pyridine rings is 2. The highest BCUT2D eigenvalue weighted by molar-refractivity contribution is 5.84. The first-order chi connectivity index (χ1) is 23.0. The molecule has 4 aromatic carbocycles. The molecular formula is C46H52N2+2. The zero-order valence-electron chi connectivity index (χ0n) is 30.5. The normalized spacial score (nSPS) is 14.0. The first-order valence-corrected chi connectivity index (χ1v) is 18.2. The van der Waals surface area contributed by atoms with E-state index in [0.29, 0.717) is 11.8 Å². The largest absolute Gasteiger partial charge is 0.243 e. The highest BCUT2D eigenvalue weighted by Gasteiger charge is 2.43. The van der Waals surface area contributed by atoms with Gasteiger partial charge in [0.05, 0.1) is 5.56 Å². The van der Waals surface area contributed by atoms with E-state index in [1.165, 1.54) is 88.8 Å². The first-order valence-electron chi connectivity index (χ1n) is 18.2. The van der Waals surface area contributed by atoms with Gasteiger partial charge in [-0.2, -0.15) is 9.13 Å². The predicted molar refractivity (Wildman–Crippen MR) is 203 cm³/mol. The summed E-state index contributed by atoms with van der Waals surface area (Å²) < 4.78 is 5.37. The van der Waals surface area contributed by atoms with Gasteiger partial charge in [0.15, 0.2) is 0 Å².